The van der Waals surface area contributed by atoms with Crippen molar-refractivity contribution in [3.05, 3.63) is 71.5 Å². The lowest BCUT2D eigenvalue weighted by molar-refractivity contribution is -0.178. The minimum Gasteiger partial charge on any atom is -0.490 e. The highest BCUT2D eigenvalue weighted by Crippen LogP contribution is 2.25. The van der Waals surface area contributed by atoms with Crippen molar-refractivity contribution < 1.29 is 48.1 Å². The van der Waals surface area contributed by atoms with E-state index in [2.05, 4.69) is 10.3 Å². The van der Waals surface area contributed by atoms with Crippen LogP contribution in [0.2, 0.25) is 0 Å². The van der Waals surface area contributed by atoms with Crippen molar-refractivity contribution in [1.82, 2.24) is 19.5 Å². The van der Waals surface area contributed by atoms with Gasteiger partial charge in [-0.1, -0.05) is 12.1 Å². The molecule has 0 unspecified atom stereocenters. The fraction of sp³-hybridized carbons (Fsp3) is 0.412. The molecule has 0 saturated heterocycles. The zero-order valence-corrected chi connectivity index (χ0v) is 28.5. The number of carboxylic acid groups (broad SMARTS) is 1. The molecule has 1 aliphatic heterocycles. The highest BCUT2D eigenvalue weighted by molar-refractivity contribution is 6.20. The van der Waals surface area contributed by atoms with Crippen LogP contribution < -0.4 is 15.7 Å². The first-order chi connectivity index (χ1) is 22.9. The number of nitrogens with one attached hydrogen (secondary N) is 1. The number of rotatable bonds is 11. The second kappa shape index (κ2) is 14.8. The number of carbonyl (C=O) groups is 5. The summed E-state index contributed by atoms with van der Waals surface area (Å²) in [5.41, 5.74) is 0.591. The highest BCUT2D eigenvalue weighted by Gasteiger charge is 2.39. The number of imidazole rings is 1. The normalized spacial score (nSPS) is 14.0. The van der Waals surface area contributed by atoms with E-state index in [1.165, 1.54) is 12.1 Å². The predicted octanol–water partition coefficient (Wildman–Crippen LogP) is 4.30. The maximum atomic E-state index is 12.7. The third-order valence-electron chi connectivity index (χ3n) is 6.84. The Labute approximate surface area is 283 Å². The molecule has 2 aromatic carbocycles. The van der Waals surface area contributed by atoms with Gasteiger partial charge in [0.1, 0.15) is 23.6 Å². The van der Waals surface area contributed by atoms with Gasteiger partial charge in [-0.15, -0.1) is 10.1 Å². The van der Waals surface area contributed by atoms with E-state index in [0.29, 0.717) is 41.6 Å². The lowest BCUT2D eigenvalue weighted by Crippen LogP contribution is -2.41. The van der Waals surface area contributed by atoms with Crippen LogP contribution in [0.3, 0.4) is 0 Å². The maximum absolute atomic E-state index is 12.7. The van der Waals surface area contributed by atoms with Gasteiger partial charge in [-0.2, -0.15) is 0 Å². The molecular formula is C34H41N5O10. The fourth-order valence-corrected chi connectivity index (χ4v) is 4.72. The number of carboxylic acids is 1. The molecule has 1 aromatic heterocycles. The molecule has 0 radical (unpaired) electrons. The number of carbonyl (C=O) groups excluding carboxylic acids is 4. The third kappa shape index (κ3) is 9.56. The average Bonchev–Trinajstić information content (AvgIpc) is 3.43. The molecule has 0 saturated carbocycles. The molecular weight excluding hydrogens is 638 g/mol. The van der Waals surface area contributed by atoms with Crippen molar-refractivity contribution in [2.24, 2.45) is 12.0 Å². The van der Waals surface area contributed by atoms with Crippen LogP contribution in [-0.4, -0.2) is 79.7 Å². The topological polar surface area (TPSA) is 180 Å². The summed E-state index contributed by atoms with van der Waals surface area (Å²) >= 11 is 0. The standard InChI is InChI=1S/C34H41N5O10/c1-33(2,3)47-31(44)35-17-10-18-38-19-25(37(7)30(38)36-32(45)48-34(4,5)6)21-13-15-22(16-14-21)46-20-26(29(42)43)49-39-27(40)23-11-8-9-12-24(23)28(39)41/h8-9,11-16,19,26H,10,17-18,20H2,1-7H3,(H,35,44)(H,42,43)/t26-/m0/s1. The molecule has 1 aliphatic rings. The number of fused-ring (bicyclic) bond motifs is 1. The van der Waals surface area contributed by atoms with Crippen LogP contribution in [0.15, 0.2) is 59.7 Å². The maximum Gasteiger partial charge on any atom is 0.437 e. The number of ether oxygens (including phenoxy) is 3. The summed E-state index contributed by atoms with van der Waals surface area (Å²) in [5.74, 6) is -2.64. The van der Waals surface area contributed by atoms with E-state index < -0.39 is 53.9 Å². The van der Waals surface area contributed by atoms with E-state index in [4.69, 9.17) is 19.0 Å². The van der Waals surface area contributed by atoms with Crippen molar-refractivity contribution in [2.75, 3.05) is 13.2 Å². The number of hydrogen-bond donors (Lipinski definition) is 2. The molecule has 4 rings (SSSR count). The summed E-state index contributed by atoms with van der Waals surface area (Å²) in [6.07, 6.45) is -0.637. The van der Waals surface area contributed by atoms with Crippen LogP contribution in [0.1, 0.15) is 68.7 Å². The number of benzene rings is 2. The Hall–Kier alpha value is -5.44. The van der Waals surface area contributed by atoms with Crippen LogP contribution in [-0.2, 0) is 32.7 Å². The number of hydroxylamine groups is 2. The van der Waals surface area contributed by atoms with Gasteiger partial charge < -0.3 is 33.8 Å². The second-order valence-electron chi connectivity index (χ2n) is 13.2. The molecule has 1 atom stereocenters. The summed E-state index contributed by atoms with van der Waals surface area (Å²) in [5, 5.41) is 12.9. The molecule has 0 aliphatic carbocycles. The molecule has 262 valence electrons. The van der Waals surface area contributed by atoms with E-state index in [-0.39, 0.29) is 11.1 Å². The SMILES string of the molecule is Cn1c(-c2ccc(OC[C@H](ON3C(=O)c4ccccc4C3=O)C(=O)O)cc2)cn(CCCNC(=O)OC(C)(C)C)c1=NC(=O)OC(C)(C)C. The highest BCUT2D eigenvalue weighted by atomic mass is 16.7. The first-order valence-electron chi connectivity index (χ1n) is 15.5. The molecule has 49 heavy (non-hydrogen) atoms. The van der Waals surface area contributed by atoms with E-state index in [1.54, 1.807) is 94.1 Å². The molecule has 15 nitrogen and oxygen atoms in total. The van der Waals surface area contributed by atoms with Crippen LogP contribution in [0.25, 0.3) is 11.3 Å². The number of nitrogens with zero attached hydrogens (tertiary/aromatic N) is 4. The van der Waals surface area contributed by atoms with Crippen LogP contribution >= 0.6 is 0 Å². The Bertz CT molecular complexity index is 1760. The lowest BCUT2D eigenvalue weighted by Gasteiger charge is -2.19. The Kier molecular flexibility index (Phi) is 11.0. The summed E-state index contributed by atoms with van der Waals surface area (Å²) in [6, 6.07) is 12.8. The number of aliphatic carboxylic acids is 1. The number of hydrogen-bond acceptors (Lipinski definition) is 9. The minimum absolute atomic E-state index is 0.120. The van der Waals surface area contributed by atoms with Crippen molar-refractivity contribution >= 4 is 30.0 Å². The summed E-state index contributed by atoms with van der Waals surface area (Å²) in [6.45, 7) is 10.8. The van der Waals surface area contributed by atoms with E-state index >= 15 is 0 Å². The van der Waals surface area contributed by atoms with E-state index in [0.717, 1.165) is 5.56 Å². The Morgan fingerprint density at radius 2 is 1.49 bits per heavy atom. The van der Waals surface area contributed by atoms with Gasteiger partial charge in [-0.3, -0.25) is 9.59 Å². The largest absolute Gasteiger partial charge is 0.490 e. The number of aryl methyl sites for hydroxylation is 1. The zero-order valence-electron chi connectivity index (χ0n) is 28.5. The van der Waals surface area contributed by atoms with E-state index in [9.17, 15) is 29.1 Å². The number of aromatic nitrogens is 2. The fourth-order valence-electron chi connectivity index (χ4n) is 4.72. The number of imide groups is 1. The van der Waals surface area contributed by atoms with E-state index in [1.807, 2.05) is 6.20 Å². The summed E-state index contributed by atoms with van der Waals surface area (Å²) in [7, 11) is 1.74. The van der Waals surface area contributed by atoms with Gasteiger partial charge in [0.25, 0.3) is 11.8 Å². The Morgan fingerprint density at radius 3 is 2.04 bits per heavy atom. The van der Waals surface area contributed by atoms with Gasteiger partial charge in [-0.05, 0) is 89.9 Å². The first kappa shape index (κ1) is 36.4. The smallest absolute Gasteiger partial charge is 0.437 e. The molecule has 15 heteroatoms. The Morgan fingerprint density at radius 1 is 0.898 bits per heavy atom. The zero-order chi connectivity index (χ0) is 36.1. The number of alkyl carbamates (subject to hydrolysis) is 1. The van der Waals surface area contributed by atoms with Gasteiger partial charge in [0.15, 0.2) is 0 Å². The van der Waals surface area contributed by atoms with Crippen LogP contribution in [0.4, 0.5) is 9.59 Å². The van der Waals surface area contributed by atoms with Crippen molar-refractivity contribution in [3.63, 3.8) is 0 Å². The van der Waals surface area contributed by atoms with Gasteiger partial charge in [-0.25, -0.2) is 19.2 Å². The van der Waals surface area contributed by atoms with Gasteiger partial charge in [0.2, 0.25) is 11.7 Å². The Balaban J connectivity index is 1.47. The first-order valence-corrected chi connectivity index (χ1v) is 15.5. The molecule has 3 aromatic rings. The average molecular weight is 680 g/mol. The van der Waals surface area contributed by atoms with Crippen LogP contribution in [0, 0.1) is 0 Å². The number of amides is 4. The summed E-state index contributed by atoms with van der Waals surface area (Å²) < 4.78 is 19.8. The van der Waals surface area contributed by atoms with Crippen molar-refractivity contribution in [1.29, 1.82) is 0 Å². The predicted molar refractivity (Wildman–Crippen MR) is 174 cm³/mol. The second-order valence-corrected chi connectivity index (χ2v) is 13.2. The molecule has 4 amide bonds. The lowest BCUT2D eigenvalue weighted by atomic mass is 10.1. The molecule has 0 bridgehead atoms. The van der Waals surface area contributed by atoms with Gasteiger partial charge in [0, 0.05) is 26.3 Å². The van der Waals surface area contributed by atoms with Gasteiger partial charge >= 0.3 is 18.2 Å². The van der Waals surface area contributed by atoms with Crippen molar-refractivity contribution in [2.45, 2.75) is 71.8 Å². The minimum atomic E-state index is -1.66. The third-order valence-corrected chi connectivity index (χ3v) is 6.84. The van der Waals surface area contributed by atoms with Crippen LogP contribution in [0.5, 0.6) is 5.75 Å². The molecule has 2 N–H and O–H groups in total. The van der Waals surface area contributed by atoms with Gasteiger partial charge in [0.05, 0.1) is 16.8 Å². The van der Waals surface area contributed by atoms with Crippen molar-refractivity contribution in [3.8, 4) is 17.0 Å². The molecule has 0 fully saturated rings. The quantitative estimate of drug-likeness (QED) is 0.219. The summed E-state index contributed by atoms with van der Waals surface area (Å²) in [4.78, 5) is 71.4. The molecule has 2 heterocycles. The monoisotopic (exact) mass is 679 g/mol. The molecule has 0 spiro atoms.